The van der Waals surface area contributed by atoms with Gasteiger partial charge in [-0.3, -0.25) is 4.79 Å². The number of hydrogen-bond acceptors (Lipinski definition) is 4. The average Bonchev–Trinajstić information content (AvgIpc) is 2.51. The van der Waals surface area contributed by atoms with Crippen molar-refractivity contribution in [3.05, 3.63) is 45.9 Å². The molecule has 0 saturated carbocycles. The predicted molar refractivity (Wildman–Crippen MR) is 99.8 cm³/mol. The number of benzene rings is 2. The van der Waals surface area contributed by atoms with Crippen LogP contribution in [0.2, 0.25) is 10.0 Å². The lowest BCUT2D eigenvalue weighted by molar-refractivity contribution is 0.100. The first kappa shape index (κ1) is 16.4. The molecular formula is C16H15Cl2N5O. The molecule has 0 atom stereocenters. The van der Waals surface area contributed by atoms with E-state index in [2.05, 4.69) is 10.3 Å². The molecule has 2 aromatic rings. The van der Waals surface area contributed by atoms with Crippen molar-refractivity contribution in [3.8, 4) is 0 Å². The number of para-hydroxylation sites is 1. The number of nitrogen functional groups attached to an aromatic ring is 1. The van der Waals surface area contributed by atoms with Crippen molar-refractivity contribution in [2.45, 2.75) is 0 Å². The lowest BCUT2D eigenvalue weighted by atomic mass is 10.1. The highest BCUT2D eigenvalue weighted by Gasteiger charge is 2.25. The predicted octanol–water partition coefficient (Wildman–Crippen LogP) is 3.27. The van der Waals surface area contributed by atoms with E-state index in [0.29, 0.717) is 45.2 Å². The number of nitrogens with zero attached hydrogens (tertiary/aromatic N) is 2. The molecular weight excluding hydrogens is 349 g/mol. The monoisotopic (exact) mass is 363 g/mol. The van der Waals surface area contributed by atoms with Gasteiger partial charge in [0.2, 0.25) is 0 Å². The van der Waals surface area contributed by atoms with Crippen molar-refractivity contribution in [1.29, 1.82) is 0 Å². The van der Waals surface area contributed by atoms with E-state index in [-0.39, 0.29) is 5.56 Å². The molecule has 5 N–H and O–H groups in total. The van der Waals surface area contributed by atoms with Crippen LogP contribution in [0.5, 0.6) is 0 Å². The second kappa shape index (κ2) is 6.22. The number of primary amides is 1. The van der Waals surface area contributed by atoms with E-state index >= 15 is 0 Å². The Bertz CT molecular complexity index is 846. The van der Waals surface area contributed by atoms with E-state index in [4.69, 9.17) is 34.7 Å². The molecule has 0 aromatic heterocycles. The second-order valence-corrected chi connectivity index (χ2v) is 6.21. The third kappa shape index (κ3) is 2.86. The van der Waals surface area contributed by atoms with Gasteiger partial charge in [0.05, 0.1) is 33.5 Å². The number of nitrogens with two attached hydrogens (primary N) is 2. The number of anilines is 3. The molecule has 1 aliphatic rings. The number of hydrogen-bond donors (Lipinski definition) is 3. The molecule has 1 heterocycles. The van der Waals surface area contributed by atoms with Gasteiger partial charge in [-0.2, -0.15) is 0 Å². The first-order chi connectivity index (χ1) is 11.4. The summed E-state index contributed by atoms with van der Waals surface area (Å²) in [5.74, 6) is 0.0627. The Hall–Kier alpha value is -2.44. The second-order valence-electron chi connectivity index (χ2n) is 5.40. The van der Waals surface area contributed by atoms with Crippen molar-refractivity contribution < 1.29 is 4.79 Å². The zero-order valence-corrected chi connectivity index (χ0v) is 14.3. The molecule has 8 heteroatoms. The van der Waals surface area contributed by atoms with Crippen LogP contribution in [-0.4, -0.2) is 25.3 Å². The van der Waals surface area contributed by atoms with Crippen LogP contribution in [0.1, 0.15) is 10.4 Å². The highest BCUT2D eigenvalue weighted by atomic mass is 35.5. The van der Waals surface area contributed by atoms with Crippen LogP contribution >= 0.6 is 23.2 Å². The average molecular weight is 364 g/mol. The Kier molecular flexibility index (Phi) is 4.26. The molecule has 0 bridgehead atoms. The molecule has 0 spiro atoms. The van der Waals surface area contributed by atoms with E-state index in [0.717, 1.165) is 0 Å². The topological polar surface area (TPSA) is 96.7 Å². The summed E-state index contributed by atoms with van der Waals surface area (Å²) in [6.45, 7) is 0.415. The quantitative estimate of drug-likeness (QED) is 0.713. The van der Waals surface area contributed by atoms with Gasteiger partial charge >= 0.3 is 0 Å². The van der Waals surface area contributed by atoms with Gasteiger partial charge in [-0.1, -0.05) is 29.3 Å². The Labute approximate surface area is 149 Å². The summed E-state index contributed by atoms with van der Waals surface area (Å²) in [6, 6.07) is 8.60. The van der Waals surface area contributed by atoms with E-state index < -0.39 is 5.91 Å². The fourth-order valence-electron chi connectivity index (χ4n) is 2.66. The summed E-state index contributed by atoms with van der Waals surface area (Å²) in [5.41, 5.74) is 13.8. The van der Waals surface area contributed by atoms with Crippen LogP contribution in [0.25, 0.3) is 0 Å². The van der Waals surface area contributed by atoms with Crippen LogP contribution in [0, 0.1) is 0 Å². The molecule has 0 unspecified atom stereocenters. The highest BCUT2D eigenvalue weighted by molar-refractivity contribution is 6.39. The zero-order valence-electron chi connectivity index (χ0n) is 12.8. The summed E-state index contributed by atoms with van der Waals surface area (Å²) in [6.07, 6.45) is 0. The Morgan fingerprint density at radius 1 is 1.25 bits per heavy atom. The molecule has 0 aliphatic carbocycles. The highest BCUT2D eigenvalue weighted by Crippen LogP contribution is 2.37. The first-order valence-corrected chi connectivity index (χ1v) is 7.86. The number of carbonyl (C=O) groups is 1. The van der Waals surface area contributed by atoms with Gasteiger partial charge in [-0.15, -0.1) is 0 Å². The Morgan fingerprint density at radius 3 is 2.54 bits per heavy atom. The lowest BCUT2D eigenvalue weighted by Gasteiger charge is -2.31. The molecule has 24 heavy (non-hydrogen) atoms. The number of amides is 1. The number of fused-ring (bicyclic) bond motifs is 1. The maximum atomic E-state index is 11.7. The first-order valence-electron chi connectivity index (χ1n) is 7.10. The standard InChI is InChI=1S/C16H15Cl2N5O/c1-23-7-12(22-14-8(17)3-2-4-9(14)18)21-11-6-5-10(19)13(15(11)23)16(20)24/h2-6H,7,19H2,1H3,(H2,20,24)(H,21,22). The summed E-state index contributed by atoms with van der Waals surface area (Å²) in [4.78, 5) is 18.1. The number of rotatable bonds is 2. The molecule has 3 rings (SSSR count). The van der Waals surface area contributed by atoms with Crippen molar-refractivity contribution in [2.24, 2.45) is 10.7 Å². The zero-order chi connectivity index (χ0) is 17.4. The number of aliphatic imine (C=N–C) groups is 1. The van der Waals surface area contributed by atoms with Gasteiger partial charge in [0.15, 0.2) is 0 Å². The summed E-state index contributed by atoms with van der Waals surface area (Å²) < 4.78 is 0. The van der Waals surface area contributed by atoms with Crippen molar-refractivity contribution in [1.82, 2.24) is 0 Å². The van der Waals surface area contributed by atoms with Crippen molar-refractivity contribution in [3.63, 3.8) is 0 Å². The van der Waals surface area contributed by atoms with Crippen molar-refractivity contribution >= 4 is 57.7 Å². The van der Waals surface area contributed by atoms with E-state index in [1.165, 1.54) is 0 Å². The van der Waals surface area contributed by atoms with Crippen LogP contribution in [0.3, 0.4) is 0 Å². The number of amidine groups is 1. The van der Waals surface area contributed by atoms with Crippen molar-refractivity contribution in [2.75, 3.05) is 29.5 Å². The third-order valence-corrected chi connectivity index (χ3v) is 4.30. The van der Waals surface area contributed by atoms with Gasteiger partial charge < -0.3 is 21.7 Å². The van der Waals surface area contributed by atoms with E-state index in [1.54, 1.807) is 30.3 Å². The summed E-state index contributed by atoms with van der Waals surface area (Å²) in [7, 11) is 1.83. The summed E-state index contributed by atoms with van der Waals surface area (Å²) >= 11 is 12.3. The van der Waals surface area contributed by atoms with Crippen LogP contribution < -0.4 is 21.7 Å². The smallest absolute Gasteiger partial charge is 0.252 e. The molecule has 0 fully saturated rings. The Balaban J connectivity index is 2.06. The molecule has 2 aromatic carbocycles. The Morgan fingerprint density at radius 2 is 1.92 bits per heavy atom. The number of carbonyl (C=O) groups excluding carboxylic acids is 1. The van der Waals surface area contributed by atoms with E-state index in [1.807, 2.05) is 11.9 Å². The fourth-order valence-corrected chi connectivity index (χ4v) is 3.14. The van der Waals surface area contributed by atoms with Crippen LogP contribution in [-0.2, 0) is 0 Å². The molecule has 1 amide bonds. The van der Waals surface area contributed by atoms with Gasteiger partial charge in [0, 0.05) is 12.7 Å². The van der Waals surface area contributed by atoms with Gasteiger partial charge in [-0.05, 0) is 24.3 Å². The molecule has 1 aliphatic heterocycles. The normalized spacial score (nSPS) is 15.1. The molecule has 0 saturated heterocycles. The van der Waals surface area contributed by atoms with Crippen LogP contribution in [0.4, 0.5) is 22.7 Å². The number of likely N-dealkylation sites (N-methyl/N-ethyl adjacent to an activating group) is 1. The largest absolute Gasteiger partial charge is 0.398 e. The maximum absolute atomic E-state index is 11.7. The van der Waals surface area contributed by atoms with Crippen LogP contribution in [0.15, 0.2) is 35.3 Å². The molecule has 6 nitrogen and oxygen atoms in total. The third-order valence-electron chi connectivity index (χ3n) is 3.69. The minimum atomic E-state index is -0.576. The summed E-state index contributed by atoms with van der Waals surface area (Å²) in [5, 5.41) is 4.10. The fraction of sp³-hybridized carbons (Fsp3) is 0.125. The number of halogens is 2. The lowest BCUT2D eigenvalue weighted by Crippen LogP contribution is -2.37. The minimum absolute atomic E-state index is 0.289. The van der Waals surface area contributed by atoms with Gasteiger partial charge in [0.1, 0.15) is 11.5 Å². The van der Waals surface area contributed by atoms with E-state index in [9.17, 15) is 4.79 Å². The van der Waals surface area contributed by atoms with Gasteiger partial charge in [0.25, 0.3) is 5.91 Å². The maximum Gasteiger partial charge on any atom is 0.252 e. The SMILES string of the molecule is CN1CC(=Nc2c(Cl)cccc2Cl)Nc2ccc(N)c(C(N)=O)c21. The minimum Gasteiger partial charge on any atom is -0.398 e. The molecule has 124 valence electrons. The number of nitrogens with one attached hydrogen (secondary N) is 1. The van der Waals surface area contributed by atoms with Gasteiger partial charge in [-0.25, -0.2) is 4.99 Å². The molecule has 0 radical (unpaired) electrons.